The summed E-state index contributed by atoms with van der Waals surface area (Å²) in [5, 5.41) is 17.8. The zero-order valence-electron chi connectivity index (χ0n) is 16.8. The maximum Gasteiger partial charge on any atom is 0.255 e. The Bertz CT molecular complexity index is 1180. The highest BCUT2D eigenvalue weighted by Crippen LogP contribution is 2.38. The molecule has 31 heavy (non-hydrogen) atoms. The van der Waals surface area contributed by atoms with E-state index in [0.717, 1.165) is 0 Å². The number of fused-ring (bicyclic) bond motifs is 1. The first kappa shape index (κ1) is 20.6. The molecule has 160 valence electrons. The number of nitrogens with zero attached hydrogens (tertiary/aromatic N) is 4. The van der Waals surface area contributed by atoms with Crippen molar-refractivity contribution in [3.05, 3.63) is 64.1 Å². The van der Waals surface area contributed by atoms with Gasteiger partial charge in [-0.15, -0.1) is 0 Å². The lowest BCUT2D eigenvalue weighted by atomic mass is 9.95. The van der Waals surface area contributed by atoms with Crippen molar-refractivity contribution in [1.29, 1.82) is 0 Å². The number of nitrogens with one attached hydrogen (secondary N) is 2. The number of methoxy groups -OCH3 is 2. The van der Waals surface area contributed by atoms with Gasteiger partial charge >= 0.3 is 0 Å². The molecule has 1 aliphatic rings. The highest BCUT2D eigenvalue weighted by Gasteiger charge is 2.34. The quantitative estimate of drug-likeness (QED) is 0.621. The third kappa shape index (κ3) is 3.77. The Balaban J connectivity index is 1.76. The lowest BCUT2D eigenvalue weighted by Crippen LogP contribution is -2.31. The standard InChI is InChI=1S/C20H18ClFN6O3/c1-10-17(19(29)24-14-9-15(30-2)13(21)8-16(14)31-3)18(11-4-6-12(22)7-5-11)28-20(23-10)25-26-27-28/h4-9,18H,1-3H3,(H,24,29)(H,23,25,27)/t18-/m0/s1. The van der Waals surface area contributed by atoms with Gasteiger partial charge in [-0.1, -0.05) is 28.8 Å². The van der Waals surface area contributed by atoms with Gasteiger partial charge in [-0.2, -0.15) is 4.68 Å². The predicted octanol–water partition coefficient (Wildman–Crippen LogP) is 3.41. The molecule has 2 N–H and O–H groups in total. The number of tetrazole rings is 1. The molecule has 4 rings (SSSR count). The molecular weight excluding hydrogens is 427 g/mol. The molecule has 1 aliphatic heterocycles. The minimum atomic E-state index is -0.674. The molecule has 2 heterocycles. The Hall–Kier alpha value is -3.66. The highest BCUT2D eigenvalue weighted by atomic mass is 35.5. The first-order valence-electron chi connectivity index (χ1n) is 9.17. The number of hydrogen-bond donors (Lipinski definition) is 2. The zero-order valence-corrected chi connectivity index (χ0v) is 17.6. The fourth-order valence-corrected chi connectivity index (χ4v) is 3.64. The number of allylic oxidation sites excluding steroid dienone is 1. The van der Waals surface area contributed by atoms with Crippen molar-refractivity contribution in [2.75, 3.05) is 24.9 Å². The molecule has 0 spiro atoms. The SMILES string of the molecule is COc1cc(NC(=O)C2=C(C)Nc3nnnn3[C@H]2c2ccc(F)cc2)c(OC)cc1Cl. The first-order chi connectivity index (χ1) is 14.9. The van der Waals surface area contributed by atoms with Crippen LogP contribution in [-0.2, 0) is 4.79 Å². The van der Waals surface area contributed by atoms with Crippen molar-refractivity contribution in [3.8, 4) is 11.5 Å². The summed E-state index contributed by atoms with van der Waals surface area (Å²) in [6.07, 6.45) is 0. The molecular formula is C20H18ClFN6O3. The molecule has 1 aromatic heterocycles. The van der Waals surface area contributed by atoms with E-state index < -0.39 is 11.9 Å². The topological polar surface area (TPSA) is 103 Å². The third-order valence-electron chi connectivity index (χ3n) is 4.87. The van der Waals surface area contributed by atoms with Crippen LogP contribution in [0.15, 0.2) is 47.7 Å². The average molecular weight is 445 g/mol. The van der Waals surface area contributed by atoms with Gasteiger partial charge in [0.15, 0.2) is 0 Å². The van der Waals surface area contributed by atoms with E-state index in [-0.39, 0.29) is 5.82 Å². The molecule has 0 saturated carbocycles. The summed E-state index contributed by atoms with van der Waals surface area (Å²) < 4.78 is 25.6. The van der Waals surface area contributed by atoms with E-state index in [1.54, 1.807) is 31.2 Å². The van der Waals surface area contributed by atoms with E-state index in [0.29, 0.717) is 45.0 Å². The van der Waals surface area contributed by atoms with Gasteiger partial charge in [0.05, 0.1) is 30.5 Å². The van der Waals surface area contributed by atoms with E-state index in [2.05, 4.69) is 26.2 Å². The third-order valence-corrected chi connectivity index (χ3v) is 5.16. The summed E-state index contributed by atoms with van der Waals surface area (Å²) >= 11 is 6.16. The van der Waals surface area contributed by atoms with Gasteiger partial charge in [-0.25, -0.2) is 4.39 Å². The molecule has 0 radical (unpaired) electrons. The molecule has 9 nitrogen and oxygen atoms in total. The van der Waals surface area contributed by atoms with Crippen LogP contribution in [0.2, 0.25) is 5.02 Å². The van der Waals surface area contributed by atoms with Crippen LogP contribution >= 0.6 is 11.6 Å². The molecule has 0 fully saturated rings. The number of amides is 1. The average Bonchev–Trinajstić information content (AvgIpc) is 3.22. The van der Waals surface area contributed by atoms with Crippen LogP contribution in [0.5, 0.6) is 11.5 Å². The zero-order chi connectivity index (χ0) is 22.1. The number of ether oxygens (including phenoxy) is 2. The van der Waals surface area contributed by atoms with Gasteiger partial charge in [0.1, 0.15) is 23.4 Å². The maximum atomic E-state index is 13.5. The fraction of sp³-hybridized carbons (Fsp3) is 0.200. The predicted molar refractivity (Wildman–Crippen MR) is 112 cm³/mol. The molecule has 1 amide bonds. The summed E-state index contributed by atoms with van der Waals surface area (Å²) in [5.74, 6) is 0.294. The summed E-state index contributed by atoms with van der Waals surface area (Å²) in [7, 11) is 2.94. The fourth-order valence-electron chi connectivity index (χ4n) is 3.41. The summed E-state index contributed by atoms with van der Waals surface area (Å²) in [6.45, 7) is 1.74. The Morgan fingerprint density at radius 1 is 1.19 bits per heavy atom. The van der Waals surface area contributed by atoms with Crippen molar-refractivity contribution >= 4 is 29.1 Å². The van der Waals surface area contributed by atoms with Gasteiger partial charge < -0.3 is 20.1 Å². The second kappa shape index (κ2) is 8.23. The first-order valence-corrected chi connectivity index (χ1v) is 9.54. The van der Waals surface area contributed by atoms with Gasteiger partial charge in [0, 0.05) is 17.8 Å². The Morgan fingerprint density at radius 2 is 1.90 bits per heavy atom. The van der Waals surface area contributed by atoms with Gasteiger partial charge in [-0.3, -0.25) is 4.79 Å². The van der Waals surface area contributed by atoms with Crippen LogP contribution in [0.3, 0.4) is 0 Å². The van der Waals surface area contributed by atoms with Gasteiger partial charge in [0.25, 0.3) is 5.91 Å². The lowest BCUT2D eigenvalue weighted by molar-refractivity contribution is -0.113. The molecule has 1 atom stereocenters. The molecule has 0 aliphatic carbocycles. The van der Waals surface area contributed by atoms with Crippen molar-refractivity contribution in [3.63, 3.8) is 0 Å². The Labute approximate surface area is 181 Å². The Morgan fingerprint density at radius 3 is 2.58 bits per heavy atom. The number of halogens is 2. The minimum Gasteiger partial charge on any atom is -0.495 e. The number of aromatic nitrogens is 4. The number of hydrogen-bond acceptors (Lipinski definition) is 7. The summed E-state index contributed by atoms with van der Waals surface area (Å²) in [4.78, 5) is 13.4. The second-order valence-corrected chi connectivity index (χ2v) is 7.11. The molecule has 0 bridgehead atoms. The number of carbonyl (C=O) groups excluding carboxylic acids is 1. The number of anilines is 2. The molecule has 0 unspecified atom stereocenters. The van der Waals surface area contributed by atoms with Gasteiger partial charge in [-0.05, 0) is 35.0 Å². The van der Waals surface area contributed by atoms with E-state index in [1.807, 2.05) is 0 Å². The van der Waals surface area contributed by atoms with Crippen LogP contribution in [0.25, 0.3) is 0 Å². The molecule has 0 saturated heterocycles. The molecule has 11 heteroatoms. The second-order valence-electron chi connectivity index (χ2n) is 6.71. The van der Waals surface area contributed by atoms with E-state index in [4.69, 9.17) is 21.1 Å². The van der Waals surface area contributed by atoms with E-state index >= 15 is 0 Å². The van der Waals surface area contributed by atoms with Crippen molar-refractivity contribution in [2.24, 2.45) is 0 Å². The van der Waals surface area contributed by atoms with Crippen molar-refractivity contribution in [1.82, 2.24) is 20.2 Å². The number of rotatable bonds is 5. The summed E-state index contributed by atoms with van der Waals surface area (Å²) in [5.41, 5.74) is 1.91. The van der Waals surface area contributed by atoms with Gasteiger partial charge in [0.2, 0.25) is 5.95 Å². The van der Waals surface area contributed by atoms with Crippen LogP contribution < -0.4 is 20.1 Å². The number of carbonyl (C=O) groups is 1. The smallest absolute Gasteiger partial charge is 0.255 e. The van der Waals surface area contributed by atoms with Crippen molar-refractivity contribution in [2.45, 2.75) is 13.0 Å². The minimum absolute atomic E-state index is 0.342. The molecule has 3 aromatic rings. The van der Waals surface area contributed by atoms with Crippen LogP contribution in [0.4, 0.5) is 16.0 Å². The largest absolute Gasteiger partial charge is 0.495 e. The van der Waals surface area contributed by atoms with E-state index in [1.165, 1.54) is 31.0 Å². The van der Waals surface area contributed by atoms with Crippen molar-refractivity contribution < 1.29 is 18.7 Å². The normalized spacial score (nSPS) is 15.2. The maximum absolute atomic E-state index is 13.5. The molecule has 2 aromatic carbocycles. The van der Waals surface area contributed by atoms with Crippen LogP contribution in [0, 0.1) is 5.82 Å². The monoisotopic (exact) mass is 444 g/mol. The summed E-state index contributed by atoms with van der Waals surface area (Å²) in [6, 6.07) is 8.26. The van der Waals surface area contributed by atoms with Crippen LogP contribution in [0.1, 0.15) is 18.5 Å². The van der Waals surface area contributed by atoms with E-state index in [9.17, 15) is 9.18 Å². The van der Waals surface area contributed by atoms with Crippen LogP contribution in [-0.4, -0.2) is 40.3 Å². The number of benzene rings is 2. The highest BCUT2D eigenvalue weighted by molar-refractivity contribution is 6.32. The lowest BCUT2D eigenvalue weighted by Gasteiger charge is -2.28. The Kier molecular flexibility index (Phi) is 5.47.